The third kappa shape index (κ3) is 2.80. The van der Waals surface area contributed by atoms with Crippen molar-refractivity contribution in [3.05, 3.63) is 29.2 Å². The average molecular weight is 421 g/mol. The van der Waals surface area contributed by atoms with E-state index in [0.717, 1.165) is 11.3 Å². The van der Waals surface area contributed by atoms with Crippen LogP contribution in [0.15, 0.2) is 12.3 Å². The second-order valence-corrected chi connectivity index (χ2v) is 8.90. The van der Waals surface area contributed by atoms with Gasteiger partial charge in [-0.3, -0.25) is 15.1 Å². The largest absolute Gasteiger partial charge is 0.368 e. The number of anilines is 1. The lowest BCUT2D eigenvalue weighted by Crippen LogP contribution is -2.50. The number of nitrogens with zero attached hydrogens (tertiary/aromatic N) is 3. The number of amides is 3. The SMILES string of the molecule is Cc1nc(NC(=O)N2CCC[C@H]2C(N)=O)sc1-c1ccnc2c1C(F)(F)C2(C)C. The number of halogens is 2. The van der Waals surface area contributed by atoms with Crippen LogP contribution in [-0.2, 0) is 16.1 Å². The van der Waals surface area contributed by atoms with Gasteiger partial charge in [-0.15, -0.1) is 0 Å². The van der Waals surface area contributed by atoms with Gasteiger partial charge in [-0.05, 0) is 39.7 Å². The van der Waals surface area contributed by atoms with Crippen LogP contribution in [0.3, 0.4) is 0 Å². The number of hydrogen-bond donors (Lipinski definition) is 2. The second kappa shape index (κ2) is 6.45. The Hall–Kier alpha value is -2.62. The van der Waals surface area contributed by atoms with Crippen molar-refractivity contribution in [3.8, 4) is 10.4 Å². The number of likely N-dealkylation sites (tertiary alicyclic amines) is 1. The maximum absolute atomic E-state index is 14.8. The first-order valence-electron chi connectivity index (χ1n) is 9.28. The van der Waals surface area contributed by atoms with E-state index in [2.05, 4.69) is 15.3 Å². The van der Waals surface area contributed by atoms with Crippen LogP contribution in [0.1, 0.15) is 43.6 Å². The average Bonchev–Trinajstić information content (AvgIpc) is 3.28. The number of primary amides is 1. The van der Waals surface area contributed by atoms with Gasteiger partial charge >= 0.3 is 6.03 Å². The van der Waals surface area contributed by atoms with Crippen molar-refractivity contribution in [1.29, 1.82) is 0 Å². The highest BCUT2D eigenvalue weighted by atomic mass is 32.1. The summed E-state index contributed by atoms with van der Waals surface area (Å²) in [4.78, 5) is 34.5. The van der Waals surface area contributed by atoms with Crippen molar-refractivity contribution in [1.82, 2.24) is 14.9 Å². The highest BCUT2D eigenvalue weighted by Crippen LogP contribution is 2.60. The van der Waals surface area contributed by atoms with Gasteiger partial charge in [-0.25, -0.2) is 18.6 Å². The summed E-state index contributed by atoms with van der Waals surface area (Å²) in [7, 11) is 0. The van der Waals surface area contributed by atoms with Crippen LogP contribution < -0.4 is 11.1 Å². The molecule has 3 amide bonds. The molecule has 3 heterocycles. The van der Waals surface area contributed by atoms with Crippen LogP contribution in [0.2, 0.25) is 0 Å². The summed E-state index contributed by atoms with van der Waals surface area (Å²) in [6.45, 7) is 5.08. The number of aromatic nitrogens is 2. The molecule has 1 aliphatic carbocycles. The van der Waals surface area contributed by atoms with Gasteiger partial charge in [-0.1, -0.05) is 11.3 Å². The fourth-order valence-corrected chi connectivity index (χ4v) is 5.00. The third-order valence-electron chi connectivity index (χ3n) is 5.74. The highest BCUT2D eigenvalue weighted by Gasteiger charge is 2.63. The number of urea groups is 1. The number of nitrogens with two attached hydrogens (primary N) is 1. The quantitative estimate of drug-likeness (QED) is 0.793. The van der Waals surface area contributed by atoms with Crippen molar-refractivity contribution in [2.45, 2.75) is 51.0 Å². The van der Waals surface area contributed by atoms with E-state index in [9.17, 15) is 18.4 Å². The van der Waals surface area contributed by atoms with E-state index in [1.807, 2.05) is 0 Å². The summed E-state index contributed by atoms with van der Waals surface area (Å²) >= 11 is 1.12. The normalized spacial score (nSPS) is 21.4. The Morgan fingerprint density at radius 2 is 2.10 bits per heavy atom. The van der Waals surface area contributed by atoms with Crippen LogP contribution in [0, 0.1) is 6.92 Å². The number of thiazole rings is 1. The molecule has 154 valence electrons. The van der Waals surface area contributed by atoms with Crippen molar-refractivity contribution in [3.63, 3.8) is 0 Å². The standard InChI is InChI=1S/C19H21F2N5O2S/c1-9-13(10-6-7-23-14-12(10)19(20,21)18(14,2)3)29-16(24-9)25-17(28)26-8-4-5-11(26)15(22)27/h6-7,11H,4-5,8H2,1-3H3,(H2,22,27)(H,24,25,28)/t11-/m0/s1. The molecular weight excluding hydrogens is 400 g/mol. The molecule has 1 atom stereocenters. The Bertz CT molecular complexity index is 1020. The van der Waals surface area contributed by atoms with E-state index in [4.69, 9.17) is 5.73 Å². The molecule has 0 aromatic carbocycles. The molecule has 0 saturated carbocycles. The molecule has 1 aliphatic heterocycles. The zero-order valence-electron chi connectivity index (χ0n) is 16.3. The van der Waals surface area contributed by atoms with Gasteiger partial charge in [0.1, 0.15) is 6.04 Å². The van der Waals surface area contributed by atoms with E-state index in [-0.39, 0.29) is 10.7 Å². The van der Waals surface area contributed by atoms with Crippen LogP contribution in [0.25, 0.3) is 10.4 Å². The lowest BCUT2D eigenvalue weighted by Gasteiger charge is -2.45. The number of carbonyl (C=O) groups is 2. The molecule has 7 nitrogen and oxygen atoms in total. The van der Waals surface area contributed by atoms with Gasteiger partial charge in [0.25, 0.3) is 5.92 Å². The molecule has 4 rings (SSSR count). The molecule has 1 fully saturated rings. The number of pyridine rings is 1. The molecular formula is C19H21F2N5O2S. The summed E-state index contributed by atoms with van der Waals surface area (Å²) in [5.41, 5.74) is 5.24. The Labute approximate surface area is 170 Å². The molecule has 0 bridgehead atoms. The molecule has 10 heteroatoms. The Kier molecular flexibility index (Phi) is 4.38. The summed E-state index contributed by atoms with van der Waals surface area (Å²) < 4.78 is 29.5. The maximum Gasteiger partial charge on any atom is 0.324 e. The van der Waals surface area contributed by atoms with Crippen molar-refractivity contribution in [2.75, 3.05) is 11.9 Å². The van der Waals surface area contributed by atoms with Gasteiger partial charge < -0.3 is 10.6 Å². The molecule has 0 unspecified atom stereocenters. The monoisotopic (exact) mass is 421 g/mol. The molecule has 1 saturated heterocycles. The predicted octanol–water partition coefficient (Wildman–Crippen LogP) is 3.38. The van der Waals surface area contributed by atoms with E-state index < -0.39 is 29.3 Å². The molecule has 29 heavy (non-hydrogen) atoms. The molecule has 2 aromatic rings. The van der Waals surface area contributed by atoms with E-state index >= 15 is 0 Å². The maximum atomic E-state index is 14.8. The number of rotatable bonds is 3. The molecule has 0 spiro atoms. The van der Waals surface area contributed by atoms with Crippen molar-refractivity contribution >= 4 is 28.4 Å². The van der Waals surface area contributed by atoms with Crippen molar-refractivity contribution < 1.29 is 18.4 Å². The Balaban J connectivity index is 1.63. The number of nitrogens with one attached hydrogen (secondary N) is 1. The van der Waals surface area contributed by atoms with Gasteiger partial charge in [0.05, 0.1) is 27.2 Å². The summed E-state index contributed by atoms with van der Waals surface area (Å²) in [5, 5.41) is 2.95. The molecule has 3 N–H and O–H groups in total. The van der Waals surface area contributed by atoms with Crippen LogP contribution in [-0.4, -0.2) is 39.4 Å². The number of aryl methyl sites for hydroxylation is 1. The first-order chi connectivity index (χ1) is 13.6. The van der Waals surface area contributed by atoms with E-state index in [1.165, 1.54) is 24.9 Å². The van der Waals surface area contributed by atoms with Gasteiger partial charge in [0.2, 0.25) is 5.91 Å². The number of fused-ring (bicyclic) bond motifs is 1. The van der Waals surface area contributed by atoms with Crippen LogP contribution >= 0.6 is 11.3 Å². The Morgan fingerprint density at radius 3 is 2.79 bits per heavy atom. The smallest absolute Gasteiger partial charge is 0.324 e. The lowest BCUT2D eigenvalue weighted by atomic mass is 9.64. The second-order valence-electron chi connectivity index (χ2n) is 7.90. The van der Waals surface area contributed by atoms with Crippen LogP contribution in [0.4, 0.5) is 18.7 Å². The minimum absolute atomic E-state index is 0.0806. The van der Waals surface area contributed by atoms with Crippen molar-refractivity contribution in [2.24, 2.45) is 5.73 Å². The molecule has 2 aromatic heterocycles. The lowest BCUT2D eigenvalue weighted by molar-refractivity contribution is -0.121. The summed E-state index contributed by atoms with van der Waals surface area (Å²) in [6.07, 6.45) is 2.74. The highest BCUT2D eigenvalue weighted by molar-refractivity contribution is 7.19. The zero-order valence-corrected chi connectivity index (χ0v) is 17.1. The molecule has 2 aliphatic rings. The molecule has 0 radical (unpaired) electrons. The minimum atomic E-state index is -3.00. The zero-order chi connectivity index (χ0) is 21.1. The Morgan fingerprint density at radius 1 is 1.38 bits per heavy atom. The predicted molar refractivity (Wildman–Crippen MR) is 105 cm³/mol. The van der Waals surface area contributed by atoms with Gasteiger partial charge in [0, 0.05) is 18.3 Å². The number of carbonyl (C=O) groups excluding carboxylic acids is 2. The fraction of sp³-hybridized carbons (Fsp3) is 0.474. The first kappa shape index (κ1) is 19.7. The summed E-state index contributed by atoms with van der Waals surface area (Å²) in [5.74, 6) is -3.55. The number of alkyl halides is 2. The van der Waals surface area contributed by atoms with Crippen LogP contribution in [0.5, 0.6) is 0 Å². The van der Waals surface area contributed by atoms with Gasteiger partial charge in [0.15, 0.2) is 5.13 Å². The van der Waals surface area contributed by atoms with Gasteiger partial charge in [-0.2, -0.15) is 0 Å². The van der Waals surface area contributed by atoms with E-state index in [0.29, 0.717) is 41.2 Å². The first-order valence-corrected chi connectivity index (χ1v) is 10.1. The third-order valence-corrected chi connectivity index (χ3v) is 6.85. The number of hydrogen-bond acceptors (Lipinski definition) is 5. The topological polar surface area (TPSA) is 101 Å². The summed E-state index contributed by atoms with van der Waals surface area (Å²) in [6, 6.07) is 0.440. The van der Waals surface area contributed by atoms with E-state index in [1.54, 1.807) is 13.0 Å². The minimum Gasteiger partial charge on any atom is -0.368 e. The fourth-order valence-electron chi connectivity index (χ4n) is 4.01.